The van der Waals surface area contributed by atoms with Crippen molar-refractivity contribution in [1.82, 2.24) is 0 Å². The summed E-state index contributed by atoms with van der Waals surface area (Å²) in [6.45, 7) is 3.85. The summed E-state index contributed by atoms with van der Waals surface area (Å²) in [4.78, 5) is 0. The van der Waals surface area contributed by atoms with E-state index in [1.807, 2.05) is 12.1 Å². The fourth-order valence-electron chi connectivity index (χ4n) is 5.07. The molecule has 0 bridgehead atoms. The molecular formula is C29H29F5O2. The second kappa shape index (κ2) is 10.9. The maximum absolute atomic E-state index is 14.7. The highest BCUT2D eigenvalue weighted by Crippen LogP contribution is 2.40. The number of ether oxygens (including phenoxy) is 2. The summed E-state index contributed by atoms with van der Waals surface area (Å²) in [5.74, 6) is -1.59. The normalized spacial score (nSPS) is 18.2. The molecule has 1 fully saturated rings. The highest BCUT2D eigenvalue weighted by molar-refractivity contribution is 5.70. The van der Waals surface area contributed by atoms with Crippen molar-refractivity contribution in [1.29, 1.82) is 0 Å². The minimum absolute atomic E-state index is 0.0529. The van der Waals surface area contributed by atoms with E-state index in [2.05, 4.69) is 23.8 Å². The molecule has 0 unspecified atom stereocenters. The van der Waals surface area contributed by atoms with Crippen molar-refractivity contribution in [3.8, 4) is 28.4 Å². The van der Waals surface area contributed by atoms with Gasteiger partial charge in [-0.15, -0.1) is 13.2 Å². The molecule has 1 aliphatic rings. The molecule has 36 heavy (non-hydrogen) atoms. The molecule has 2 nitrogen and oxygen atoms in total. The van der Waals surface area contributed by atoms with Gasteiger partial charge >= 0.3 is 6.36 Å². The smallest absolute Gasteiger partial charge is 0.454 e. The molecule has 7 heteroatoms. The van der Waals surface area contributed by atoms with Crippen LogP contribution in [0, 0.1) is 24.5 Å². The Morgan fingerprint density at radius 1 is 0.861 bits per heavy atom. The van der Waals surface area contributed by atoms with Gasteiger partial charge in [0.15, 0.2) is 11.6 Å². The highest BCUT2D eigenvalue weighted by atomic mass is 19.4. The van der Waals surface area contributed by atoms with Crippen LogP contribution in [0.25, 0.3) is 11.1 Å². The zero-order valence-corrected chi connectivity index (χ0v) is 20.3. The number of hydrogen-bond donors (Lipinski definition) is 0. The molecule has 1 saturated carbocycles. The lowest BCUT2D eigenvalue weighted by atomic mass is 9.77. The maximum atomic E-state index is 14.7. The molecular weight excluding hydrogens is 475 g/mol. The first-order valence-electron chi connectivity index (χ1n) is 12.3. The molecule has 0 atom stereocenters. The van der Waals surface area contributed by atoms with Crippen LogP contribution in [0.5, 0.6) is 17.2 Å². The Balaban J connectivity index is 1.53. The molecule has 1 aliphatic carbocycles. The monoisotopic (exact) mass is 504 g/mol. The lowest BCUT2D eigenvalue weighted by Crippen LogP contribution is -2.16. The van der Waals surface area contributed by atoms with Gasteiger partial charge in [-0.2, -0.15) is 4.39 Å². The largest absolute Gasteiger partial charge is 0.573 e. The zero-order chi connectivity index (χ0) is 25.9. The topological polar surface area (TPSA) is 18.5 Å². The van der Waals surface area contributed by atoms with Crippen LogP contribution in [0.3, 0.4) is 0 Å². The number of alkyl halides is 3. The van der Waals surface area contributed by atoms with Gasteiger partial charge in [-0.25, -0.2) is 4.39 Å². The van der Waals surface area contributed by atoms with Gasteiger partial charge in [-0.3, -0.25) is 0 Å². The van der Waals surface area contributed by atoms with Crippen molar-refractivity contribution < 1.29 is 31.4 Å². The fourth-order valence-corrected chi connectivity index (χ4v) is 5.07. The molecule has 0 spiro atoms. The Hall–Kier alpha value is -3.09. The number of hydrogen-bond acceptors (Lipinski definition) is 2. The van der Waals surface area contributed by atoms with Crippen LogP contribution in [-0.2, 0) is 0 Å². The second-order valence-corrected chi connectivity index (χ2v) is 9.42. The predicted octanol–water partition coefficient (Wildman–Crippen LogP) is 9.71. The van der Waals surface area contributed by atoms with Gasteiger partial charge in [0, 0.05) is 5.56 Å². The van der Waals surface area contributed by atoms with E-state index in [-0.39, 0.29) is 11.5 Å². The molecule has 0 radical (unpaired) electrons. The fraction of sp³-hybridized carbons (Fsp3) is 0.379. The van der Waals surface area contributed by atoms with Gasteiger partial charge in [0.05, 0.1) is 0 Å². The van der Waals surface area contributed by atoms with Gasteiger partial charge < -0.3 is 9.47 Å². The summed E-state index contributed by atoms with van der Waals surface area (Å²) in [5, 5.41) is 0. The van der Waals surface area contributed by atoms with Gasteiger partial charge in [-0.1, -0.05) is 44.0 Å². The van der Waals surface area contributed by atoms with E-state index in [9.17, 15) is 22.0 Å². The van der Waals surface area contributed by atoms with Gasteiger partial charge in [0.25, 0.3) is 0 Å². The summed E-state index contributed by atoms with van der Waals surface area (Å²) in [6.07, 6.45) is 2.50. The van der Waals surface area contributed by atoms with E-state index in [0.717, 1.165) is 29.7 Å². The summed E-state index contributed by atoms with van der Waals surface area (Å²) in [5.41, 5.74) is 2.86. The van der Waals surface area contributed by atoms with Crippen molar-refractivity contribution >= 4 is 0 Å². The van der Waals surface area contributed by atoms with E-state index in [4.69, 9.17) is 4.74 Å². The van der Waals surface area contributed by atoms with Gasteiger partial charge in [0.1, 0.15) is 11.5 Å². The summed E-state index contributed by atoms with van der Waals surface area (Å²) in [6, 6.07) is 13.6. The van der Waals surface area contributed by atoms with Crippen LogP contribution in [0.4, 0.5) is 22.0 Å². The third-order valence-electron chi connectivity index (χ3n) is 6.94. The molecule has 0 aliphatic heterocycles. The Bertz CT molecular complexity index is 1160. The van der Waals surface area contributed by atoms with Crippen LogP contribution >= 0.6 is 0 Å². The van der Waals surface area contributed by atoms with E-state index in [0.29, 0.717) is 17.0 Å². The minimum Gasteiger partial charge on any atom is -0.454 e. The quantitative estimate of drug-likeness (QED) is 0.298. The molecule has 0 saturated heterocycles. The lowest BCUT2D eigenvalue weighted by molar-refractivity contribution is -0.274. The Morgan fingerprint density at radius 3 is 2.06 bits per heavy atom. The zero-order valence-electron chi connectivity index (χ0n) is 20.3. The molecule has 0 aromatic heterocycles. The summed E-state index contributed by atoms with van der Waals surface area (Å²) >= 11 is 0. The first-order valence-corrected chi connectivity index (χ1v) is 12.3. The number of halogens is 5. The lowest BCUT2D eigenvalue weighted by Gasteiger charge is -2.28. The van der Waals surface area contributed by atoms with Crippen molar-refractivity contribution in [3.63, 3.8) is 0 Å². The second-order valence-electron chi connectivity index (χ2n) is 9.42. The predicted molar refractivity (Wildman–Crippen MR) is 129 cm³/mol. The third-order valence-corrected chi connectivity index (χ3v) is 6.94. The Morgan fingerprint density at radius 2 is 1.47 bits per heavy atom. The van der Waals surface area contributed by atoms with Crippen LogP contribution in [-0.4, -0.2) is 6.36 Å². The SMILES string of the molecule is CCC[C@H]1CC[C@H](c2ccc(-c3cc(F)c(F)c(Oc4ccc(OC(F)(F)F)cc4)c3C)cc2)CC1. The minimum atomic E-state index is -4.83. The number of benzene rings is 3. The molecule has 0 amide bonds. The Labute approximate surface area is 208 Å². The van der Waals surface area contributed by atoms with Gasteiger partial charge in [-0.05, 0) is 91.5 Å². The molecule has 0 N–H and O–H groups in total. The molecule has 0 heterocycles. The van der Waals surface area contributed by atoms with Gasteiger partial charge in [0.2, 0.25) is 5.82 Å². The first kappa shape index (κ1) is 26.0. The van der Waals surface area contributed by atoms with Crippen LogP contribution in [0.2, 0.25) is 0 Å². The van der Waals surface area contributed by atoms with Crippen molar-refractivity contribution in [3.05, 3.63) is 77.4 Å². The van der Waals surface area contributed by atoms with Crippen LogP contribution < -0.4 is 9.47 Å². The molecule has 3 aromatic carbocycles. The summed E-state index contributed by atoms with van der Waals surface area (Å²) in [7, 11) is 0. The van der Waals surface area contributed by atoms with E-state index < -0.39 is 23.7 Å². The highest BCUT2D eigenvalue weighted by Gasteiger charge is 2.31. The maximum Gasteiger partial charge on any atom is 0.573 e. The van der Waals surface area contributed by atoms with Crippen LogP contribution in [0.1, 0.15) is 62.5 Å². The third kappa shape index (κ3) is 6.18. The molecule has 3 aromatic rings. The van der Waals surface area contributed by atoms with Crippen molar-refractivity contribution in [2.24, 2.45) is 5.92 Å². The van der Waals surface area contributed by atoms with Crippen LogP contribution in [0.15, 0.2) is 54.6 Å². The van der Waals surface area contributed by atoms with Crippen molar-refractivity contribution in [2.75, 3.05) is 0 Å². The number of rotatable bonds is 7. The van der Waals surface area contributed by atoms with E-state index in [1.54, 1.807) is 6.92 Å². The average Bonchev–Trinajstić information content (AvgIpc) is 2.85. The van der Waals surface area contributed by atoms with E-state index in [1.165, 1.54) is 56.2 Å². The van der Waals surface area contributed by atoms with Crippen molar-refractivity contribution in [2.45, 2.75) is 64.7 Å². The molecule has 192 valence electrons. The average molecular weight is 505 g/mol. The molecule has 4 rings (SSSR count). The van der Waals surface area contributed by atoms with E-state index >= 15 is 0 Å². The first-order chi connectivity index (χ1) is 17.1. The standard InChI is InChI=1S/C29H29F5O2/c1-3-4-19-5-7-20(8-6-19)21-9-11-22(12-10-21)25-17-26(30)27(31)28(18(25)2)35-23-13-15-24(16-14-23)36-29(32,33)34/h9-17,19-20H,3-8H2,1-2H3/t19-,20-. The Kier molecular flexibility index (Phi) is 7.86. The summed E-state index contributed by atoms with van der Waals surface area (Å²) < 4.78 is 75.7.